The molecule has 0 aliphatic rings. The molecule has 5 heteroatoms. The Morgan fingerprint density at radius 3 is 2.67 bits per heavy atom. The monoisotopic (exact) mass is 281 g/mol. The number of rotatable bonds is 3. The first kappa shape index (κ1) is 14.4. The van der Waals surface area contributed by atoms with Gasteiger partial charge in [-0.3, -0.25) is 0 Å². The fraction of sp³-hybridized carbons (Fsp3) is 0.125. The van der Waals surface area contributed by atoms with Gasteiger partial charge in [0.25, 0.3) is 0 Å². The number of nitrogens with one attached hydrogen (secondary N) is 1. The van der Waals surface area contributed by atoms with Crippen LogP contribution in [0.15, 0.2) is 36.4 Å². The van der Waals surface area contributed by atoms with Crippen LogP contribution in [0.25, 0.3) is 0 Å². The van der Waals surface area contributed by atoms with Crippen molar-refractivity contribution in [3.63, 3.8) is 0 Å². The lowest BCUT2D eigenvalue weighted by Crippen LogP contribution is -2.07. The zero-order chi connectivity index (χ0) is 15.4. The Kier molecular flexibility index (Phi) is 4.10. The average molecular weight is 281 g/mol. The van der Waals surface area contributed by atoms with Gasteiger partial charge in [-0.2, -0.15) is 5.26 Å². The minimum atomic E-state index is -0.473. The number of aryl methyl sites for hydroxylation is 1. The number of nitriles is 1. The van der Waals surface area contributed by atoms with E-state index in [0.29, 0.717) is 22.5 Å². The van der Waals surface area contributed by atoms with Gasteiger partial charge in [-0.1, -0.05) is 6.07 Å². The number of methoxy groups -OCH3 is 1. The summed E-state index contributed by atoms with van der Waals surface area (Å²) < 4.78 is 4.76. The molecule has 2 rings (SSSR count). The summed E-state index contributed by atoms with van der Waals surface area (Å²) in [5.74, 6) is -0.473. The number of ether oxygens (including phenoxy) is 1. The summed E-state index contributed by atoms with van der Waals surface area (Å²) in [5.41, 5.74) is 9.36. The van der Waals surface area contributed by atoms with Gasteiger partial charge in [-0.15, -0.1) is 0 Å². The van der Waals surface area contributed by atoms with Gasteiger partial charge < -0.3 is 15.8 Å². The van der Waals surface area contributed by atoms with Crippen molar-refractivity contribution in [3.8, 4) is 6.07 Å². The lowest BCUT2D eigenvalue weighted by atomic mass is 10.1. The highest BCUT2D eigenvalue weighted by Gasteiger charge is 2.13. The van der Waals surface area contributed by atoms with E-state index in [1.54, 1.807) is 30.3 Å². The smallest absolute Gasteiger partial charge is 0.340 e. The van der Waals surface area contributed by atoms with Gasteiger partial charge in [0.05, 0.1) is 30.0 Å². The minimum absolute atomic E-state index is 0.347. The maximum atomic E-state index is 11.8. The minimum Gasteiger partial charge on any atom is -0.465 e. The van der Waals surface area contributed by atoms with Crippen LogP contribution in [0.5, 0.6) is 0 Å². The molecule has 0 aliphatic heterocycles. The molecule has 0 radical (unpaired) electrons. The number of nitrogens with zero attached hydrogens (tertiary/aromatic N) is 1. The lowest BCUT2D eigenvalue weighted by molar-refractivity contribution is 0.0602. The Bertz CT molecular complexity index is 733. The molecule has 0 aromatic heterocycles. The van der Waals surface area contributed by atoms with E-state index in [4.69, 9.17) is 15.7 Å². The van der Waals surface area contributed by atoms with E-state index in [-0.39, 0.29) is 0 Å². The summed E-state index contributed by atoms with van der Waals surface area (Å²) in [7, 11) is 1.32. The Morgan fingerprint density at radius 1 is 1.24 bits per heavy atom. The summed E-state index contributed by atoms with van der Waals surface area (Å²) in [4.78, 5) is 11.8. The van der Waals surface area contributed by atoms with Gasteiger partial charge in [0.1, 0.15) is 0 Å². The standard InChI is InChI=1S/C16H15N3O2/c1-10-3-4-11(9-17)7-15(10)19-14-6-5-12(18)8-13(14)16(20)21-2/h3-8,19H,18H2,1-2H3. The van der Waals surface area contributed by atoms with Crippen LogP contribution in [-0.4, -0.2) is 13.1 Å². The largest absolute Gasteiger partial charge is 0.465 e. The molecule has 0 spiro atoms. The number of carbonyl (C=O) groups is 1. The van der Waals surface area contributed by atoms with Gasteiger partial charge in [-0.05, 0) is 42.8 Å². The number of carbonyl (C=O) groups excluding carboxylic acids is 1. The normalized spacial score (nSPS) is 9.76. The Balaban J connectivity index is 2.45. The third kappa shape index (κ3) is 3.12. The molecule has 2 aromatic carbocycles. The predicted molar refractivity (Wildman–Crippen MR) is 81.4 cm³/mol. The van der Waals surface area contributed by atoms with Crippen LogP contribution in [0.4, 0.5) is 17.1 Å². The first-order valence-electron chi connectivity index (χ1n) is 6.30. The Morgan fingerprint density at radius 2 is 2.00 bits per heavy atom. The van der Waals surface area contributed by atoms with Gasteiger partial charge >= 0.3 is 5.97 Å². The molecule has 0 saturated heterocycles. The molecule has 3 N–H and O–H groups in total. The molecule has 21 heavy (non-hydrogen) atoms. The summed E-state index contributed by atoms with van der Waals surface area (Å²) in [6.07, 6.45) is 0. The lowest BCUT2D eigenvalue weighted by Gasteiger charge is -2.13. The number of nitrogen functional groups attached to an aromatic ring is 1. The summed E-state index contributed by atoms with van der Waals surface area (Å²) in [6, 6.07) is 12.4. The molecule has 0 fully saturated rings. The molecular weight excluding hydrogens is 266 g/mol. The van der Waals surface area contributed by atoms with Crippen LogP contribution in [0.2, 0.25) is 0 Å². The van der Waals surface area contributed by atoms with Crippen molar-refractivity contribution in [2.45, 2.75) is 6.92 Å². The highest BCUT2D eigenvalue weighted by atomic mass is 16.5. The maximum absolute atomic E-state index is 11.8. The SMILES string of the molecule is COC(=O)c1cc(N)ccc1Nc1cc(C#N)ccc1C. The van der Waals surface area contributed by atoms with E-state index in [2.05, 4.69) is 11.4 Å². The maximum Gasteiger partial charge on any atom is 0.340 e. The highest BCUT2D eigenvalue weighted by molar-refractivity contribution is 5.97. The van der Waals surface area contributed by atoms with E-state index >= 15 is 0 Å². The number of hydrogen-bond acceptors (Lipinski definition) is 5. The van der Waals surface area contributed by atoms with Gasteiger partial charge in [0.15, 0.2) is 0 Å². The first-order valence-corrected chi connectivity index (χ1v) is 6.30. The van der Waals surface area contributed by atoms with E-state index < -0.39 is 5.97 Å². The molecule has 2 aromatic rings. The van der Waals surface area contributed by atoms with Gasteiger partial charge in [0, 0.05) is 11.4 Å². The topological polar surface area (TPSA) is 88.1 Å². The van der Waals surface area contributed by atoms with Crippen LogP contribution >= 0.6 is 0 Å². The van der Waals surface area contributed by atoms with Gasteiger partial charge in [0.2, 0.25) is 0 Å². The van der Waals surface area contributed by atoms with Crippen molar-refractivity contribution in [3.05, 3.63) is 53.1 Å². The van der Waals surface area contributed by atoms with Crippen molar-refractivity contribution >= 4 is 23.0 Å². The van der Waals surface area contributed by atoms with Crippen LogP contribution in [0.3, 0.4) is 0 Å². The molecule has 0 aliphatic carbocycles. The molecule has 0 unspecified atom stereocenters. The summed E-state index contributed by atoms with van der Waals surface area (Å²) >= 11 is 0. The number of hydrogen-bond donors (Lipinski definition) is 2. The second kappa shape index (κ2) is 5.97. The molecular formula is C16H15N3O2. The molecule has 5 nitrogen and oxygen atoms in total. The third-order valence-electron chi connectivity index (χ3n) is 3.08. The molecule has 0 atom stereocenters. The average Bonchev–Trinajstić information content (AvgIpc) is 2.50. The van der Waals surface area contributed by atoms with Crippen molar-refractivity contribution in [1.29, 1.82) is 5.26 Å². The van der Waals surface area contributed by atoms with Crippen molar-refractivity contribution in [2.24, 2.45) is 0 Å². The van der Waals surface area contributed by atoms with Crippen LogP contribution in [-0.2, 0) is 4.74 Å². The van der Waals surface area contributed by atoms with E-state index in [1.165, 1.54) is 7.11 Å². The predicted octanol–water partition coefficient (Wildman–Crippen LogP) is 2.98. The number of benzene rings is 2. The molecule has 0 amide bonds. The van der Waals surface area contributed by atoms with E-state index in [0.717, 1.165) is 11.3 Å². The van der Waals surface area contributed by atoms with E-state index in [1.807, 2.05) is 13.0 Å². The second-order valence-electron chi connectivity index (χ2n) is 4.56. The molecule has 106 valence electrons. The van der Waals surface area contributed by atoms with Crippen LogP contribution < -0.4 is 11.1 Å². The van der Waals surface area contributed by atoms with Crippen molar-refractivity contribution in [2.75, 3.05) is 18.2 Å². The zero-order valence-corrected chi connectivity index (χ0v) is 11.8. The summed E-state index contributed by atoms with van der Waals surface area (Å²) in [6.45, 7) is 1.92. The van der Waals surface area contributed by atoms with E-state index in [9.17, 15) is 4.79 Å². The molecule has 0 heterocycles. The van der Waals surface area contributed by atoms with Gasteiger partial charge in [-0.25, -0.2) is 4.79 Å². The Hall–Kier alpha value is -3.00. The highest BCUT2D eigenvalue weighted by Crippen LogP contribution is 2.26. The number of nitrogens with two attached hydrogens (primary N) is 1. The fourth-order valence-corrected chi connectivity index (χ4v) is 1.92. The molecule has 0 bridgehead atoms. The third-order valence-corrected chi connectivity index (χ3v) is 3.08. The summed E-state index contributed by atoms with van der Waals surface area (Å²) in [5, 5.41) is 12.1. The quantitative estimate of drug-likeness (QED) is 0.667. The van der Waals surface area contributed by atoms with Crippen LogP contribution in [0, 0.1) is 18.3 Å². The zero-order valence-electron chi connectivity index (χ0n) is 11.8. The first-order chi connectivity index (χ1) is 10.0. The fourth-order valence-electron chi connectivity index (χ4n) is 1.92. The molecule has 0 saturated carbocycles. The number of esters is 1. The second-order valence-corrected chi connectivity index (χ2v) is 4.56. The van der Waals surface area contributed by atoms with Crippen molar-refractivity contribution < 1.29 is 9.53 Å². The number of anilines is 3. The Labute approximate surface area is 123 Å². The van der Waals surface area contributed by atoms with Crippen molar-refractivity contribution in [1.82, 2.24) is 0 Å². The van der Waals surface area contributed by atoms with Crippen LogP contribution in [0.1, 0.15) is 21.5 Å².